The quantitative estimate of drug-likeness (QED) is 0.0895. The van der Waals surface area contributed by atoms with Crippen molar-refractivity contribution in [3.8, 4) is 93.5 Å². The molecule has 0 saturated carbocycles. The van der Waals surface area contributed by atoms with Crippen LogP contribution in [0, 0.1) is 93.0 Å². The highest BCUT2D eigenvalue weighted by Gasteiger charge is 2.18. The van der Waals surface area contributed by atoms with Crippen LogP contribution < -0.4 is 18.9 Å². The second kappa shape index (κ2) is 29.5. The molecule has 0 aliphatic carbocycles. The molecule has 0 bridgehead atoms. The zero-order valence-corrected chi connectivity index (χ0v) is 59.4. The molecule has 0 saturated heterocycles. The van der Waals surface area contributed by atoms with Crippen molar-refractivity contribution in [1.29, 1.82) is 5.26 Å². The van der Waals surface area contributed by atoms with Crippen LogP contribution >= 0.6 is 0 Å². The molecule has 105 heavy (non-hydrogen) atoms. The molecule has 16 rings (SSSR count). The molecule has 11 heteroatoms. The third-order valence-electron chi connectivity index (χ3n) is 18.7. The van der Waals surface area contributed by atoms with Gasteiger partial charge in [-0.25, -0.2) is 10.1 Å². The maximum absolute atomic E-state index is 12.0. The first-order chi connectivity index (χ1) is 51.2. The predicted molar refractivity (Wildman–Crippen MR) is 426 cm³/mol. The highest BCUT2D eigenvalue weighted by Crippen LogP contribution is 2.39. The Morgan fingerprint density at radius 1 is 0.343 bits per heavy atom. The maximum Gasteiger partial charge on any atom is 0.285 e. The van der Waals surface area contributed by atoms with Gasteiger partial charge in [-0.05, 0) is 246 Å². The number of benzene rings is 12. The van der Waals surface area contributed by atoms with Crippen LogP contribution in [-0.2, 0) is 11.8 Å². The van der Waals surface area contributed by atoms with E-state index in [1.807, 2.05) is 146 Å². The first-order valence-electron chi connectivity index (χ1n) is 34.0. The number of Topliss-reactive ketones (excluding diaryl/α,β-unsaturated/α-hetero) is 1. The van der Waals surface area contributed by atoms with Gasteiger partial charge in [0.1, 0.15) is 23.0 Å². The number of hydrogen-bond acceptors (Lipinski definition) is 6. The van der Waals surface area contributed by atoms with Crippen molar-refractivity contribution in [2.45, 2.75) is 27.7 Å². The smallest absolute Gasteiger partial charge is 0.285 e. The summed E-state index contributed by atoms with van der Waals surface area (Å²) in [6, 6.07) is 85.8. The molecule has 0 atom stereocenters. The maximum atomic E-state index is 12.0. The number of carbonyl (C=O) groups is 1. The Morgan fingerprint density at radius 2 is 0.610 bits per heavy atom. The van der Waals surface area contributed by atoms with Gasteiger partial charge in [0.15, 0.2) is 0 Å². The summed E-state index contributed by atoms with van der Waals surface area (Å²) in [6.45, 7) is 16.1. The number of nitrogens with zero attached hydrogens (tertiary/aromatic N) is 6. The molecule has 0 amide bonds. The van der Waals surface area contributed by atoms with Crippen LogP contribution in [0.4, 0.5) is 0 Å². The minimum Gasteiger partial charge on any atom is -0.497 e. The van der Waals surface area contributed by atoms with Gasteiger partial charge in [0.25, 0.3) is 11.5 Å². The van der Waals surface area contributed by atoms with Crippen LogP contribution in [0.15, 0.2) is 260 Å². The monoisotopic (exact) mass is 1360 g/mol. The second-order valence-corrected chi connectivity index (χ2v) is 25.5. The third kappa shape index (κ3) is 13.8. The molecule has 0 radical (unpaired) electrons. The average Bonchev–Trinajstić information content (AvgIpc) is 1.63. The van der Waals surface area contributed by atoms with Gasteiger partial charge in [-0.2, -0.15) is 0 Å². The van der Waals surface area contributed by atoms with Gasteiger partial charge in [0, 0.05) is 100 Å². The van der Waals surface area contributed by atoms with E-state index in [1.54, 1.807) is 28.4 Å². The third-order valence-corrected chi connectivity index (χ3v) is 18.7. The number of allylic oxidation sites excluding steroid dienone is 2. The second-order valence-electron chi connectivity index (χ2n) is 25.5. The molecule has 0 fully saturated rings. The molecule has 16 aromatic rings. The fourth-order valence-electron chi connectivity index (χ4n) is 13.5. The van der Waals surface area contributed by atoms with Crippen molar-refractivity contribution in [3.05, 3.63) is 316 Å². The first kappa shape index (κ1) is 67.8. The molecule has 0 aliphatic heterocycles. The number of nitriles is 1. The van der Waals surface area contributed by atoms with E-state index in [1.165, 1.54) is 76.6 Å². The SMILES string of the molecule is COc1ccc2c(c1)c1cc(OC)ccc1n2C.Cc1ccc2c(c1)c1cc(C)ccc1n2-c1ccc(C#CC(=O)C#Cc2ccccc2)cc1.[C-]#[N+]/C(C#N)=C(\C#Cc1ccc(-n2c3ccc(C)cc3c3cc(C)ccc32)cc1)C#Cc1ccc(-n2c3ccc(OC)cc3c3cc(OC)ccc32)cc1. The van der Waals surface area contributed by atoms with Crippen LogP contribution in [0.2, 0.25) is 0 Å². The van der Waals surface area contributed by atoms with Crippen LogP contribution in [-0.4, -0.2) is 52.5 Å². The molecular formula is C94H68N6O5. The summed E-state index contributed by atoms with van der Waals surface area (Å²) in [5, 5.41) is 19.2. The minimum absolute atomic E-state index is 0.143. The number of aromatic nitrogens is 4. The van der Waals surface area contributed by atoms with Gasteiger partial charge in [0.2, 0.25) is 0 Å². The number of fused-ring (bicyclic) bond motifs is 12. The van der Waals surface area contributed by atoms with Crippen molar-refractivity contribution < 1.29 is 23.7 Å². The molecule has 12 aromatic carbocycles. The Balaban J connectivity index is 0.000000153. The summed E-state index contributed by atoms with van der Waals surface area (Å²) >= 11 is 0. The molecule has 4 aromatic heterocycles. The summed E-state index contributed by atoms with van der Waals surface area (Å²) in [5.74, 6) is 26.2. The van der Waals surface area contributed by atoms with E-state index >= 15 is 0 Å². The number of methoxy groups -OCH3 is 4. The van der Waals surface area contributed by atoms with E-state index in [-0.39, 0.29) is 11.3 Å². The van der Waals surface area contributed by atoms with Gasteiger partial charge in [0.05, 0.1) is 79.8 Å². The lowest BCUT2D eigenvalue weighted by atomic mass is 10.1. The van der Waals surface area contributed by atoms with Gasteiger partial charge in [-0.3, -0.25) is 4.79 Å². The van der Waals surface area contributed by atoms with E-state index < -0.39 is 5.78 Å². The van der Waals surface area contributed by atoms with Crippen LogP contribution in [0.5, 0.6) is 23.0 Å². The Morgan fingerprint density at radius 3 is 0.905 bits per heavy atom. The van der Waals surface area contributed by atoms with E-state index in [0.717, 1.165) is 95.2 Å². The lowest BCUT2D eigenvalue weighted by Gasteiger charge is -2.08. The van der Waals surface area contributed by atoms with E-state index in [2.05, 4.69) is 214 Å². The summed E-state index contributed by atoms with van der Waals surface area (Å²) in [4.78, 5) is 15.5. The van der Waals surface area contributed by atoms with E-state index in [4.69, 9.17) is 25.5 Å². The zero-order valence-electron chi connectivity index (χ0n) is 59.4. The topological polar surface area (TPSA) is 102 Å². The molecule has 0 aliphatic rings. The fraction of sp³-hybridized carbons (Fsp3) is 0.0957. The van der Waals surface area contributed by atoms with Gasteiger partial charge in [-0.15, -0.1) is 0 Å². The number of rotatable bonds is 7. The number of aryl methyl sites for hydroxylation is 5. The van der Waals surface area contributed by atoms with Crippen molar-refractivity contribution in [1.82, 2.24) is 18.3 Å². The highest BCUT2D eigenvalue weighted by molar-refractivity contribution is 6.13. The number of ether oxygens (including phenoxy) is 4. The average molecular weight is 1360 g/mol. The lowest BCUT2D eigenvalue weighted by molar-refractivity contribution is -0.108. The molecule has 0 unspecified atom stereocenters. The number of carbonyl (C=O) groups excluding carboxylic acids is 1. The molecular weight excluding hydrogens is 1290 g/mol. The predicted octanol–water partition coefficient (Wildman–Crippen LogP) is 20.3. The van der Waals surface area contributed by atoms with Crippen LogP contribution in [0.1, 0.15) is 44.5 Å². The number of hydrogen-bond donors (Lipinski definition) is 0. The Labute approximate surface area is 609 Å². The van der Waals surface area contributed by atoms with Crippen LogP contribution in [0.25, 0.3) is 109 Å². The largest absolute Gasteiger partial charge is 0.497 e. The summed E-state index contributed by atoms with van der Waals surface area (Å²) in [5.41, 5.74) is 20.1. The molecule has 0 spiro atoms. The normalized spacial score (nSPS) is 11.0. The summed E-state index contributed by atoms with van der Waals surface area (Å²) in [7, 11) is 8.77. The summed E-state index contributed by atoms with van der Waals surface area (Å²) < 4.78 is 30.6. The Kier molecular flexibility index (Phi) is 19.0. The molecule has 0 N–H and O–H groups in total. The summed E-state index contributed by atoms with van der Waals surface area (Å²) in [6.07, 6.45) is 0. The van der Waals surface area contributed by atoms with Crippen molar-refractivity contribution in [3.63, 3.8) is 0 Å². The van der Waals surface area contributed by atoms with Gasteiger partial charge in [-0.1, -0.05) is 100 Å². The minimum atomic E-state index is -0.393. The van der Waals surface area contributed by atoms with E-state index in [9.17, 15) is 10.1 Å². The standard InChI is InChI=1S/C48H32N4O2.C31H21NO.C15H15NO2/c1-31-6-22-45-40(26-31)41-27-32(2)7-23-46(41)51(45)36-16-10-33(11-17-36)8-14-35(44(30-49)50-3)15-9-34-12-18-37(19-13-34)52-47-24-20-38(53-4)28-42(47)43-29-39(54-5)21-25-48(43)52;1-22-8-18-30-28(20-22)29-21-23(2)9-19-31(29)32(30)26-14-10-25(11-15-26)13-17-27(33)16-12-24-6-4-3-5-7-24;1-16-14-6-4-10(17-2)8-12(14)13-9-11(18-3)5-7-15(13)16/h6-7,10-13,16-29H,1-2,4-5H3;3-11,14-15,18-21H,1-2H3;4-9H,1-3H3/b44-35+;;. The fourth-order valence-corrected chi connectivity index (χ4v) is 13.5. The zero-order chi connectivity index (χ0) is 72.8. The van der Waals surface area contributed by atoms with Crippen molar-refractivity contribution in [2.75, 3.05) is 28.4 Å². The molecule has 11 nitrogen and oxygen atoms in total. The van der Waals surface area contributed by atoms with E-state index in [0.29, 0.717) is 0 Å². The molecule has 504 valence electrons. The van der Waals surface area contributed by atoms with Crippen LogP contribution in [0.3, 0.4) is 0 Å². The van der Waals surface area contributed by atoms with Gasteiger partial charge < -0.3 is 37.2 Å². The van der Waals surface area contributed by atoms with Gasteiger partial charge >= 0.3 is 0 Å². The Hall–Kier alpha value is -14.3. The van der Waals surface area contributed by atoms with Crippen molar-refractivity contribution in [2.24, 2.45) is 7.05 Å². The highest BCUT2D eigenvalue weighted by atomic mass is 16.5. The number of ketones is 1. The molecule has 4 heterocycles. The lowest BCUT2D eigenvalue weighted by Crippen LogP contribution is -1.94. The Bertz CT molecular complexity index is 6300. The first-order valence-corrected chi connectivity index (χ1v) is 34.0. The van der Waals surface area contributed by atoms with Crippen molar-refractivity contribution >= 4 is 93.0 Å².